The number of sulfonamides is 1. The zero-order valence-electron chi connectivity index (χ0n) is 20.3. The number of fused-ring (bicyclic) bond motifs is 1. The van der Waals surface area contributed by atoms with E-state index in [1.807, 2.05) is 44.2 Å². The first-order valence-electron chi connectivity index (χ1n) is 12.1. The van der Waals surface area contributed by atoms with E-state index in [2.05, 4.69) is 5.32 Å². The summed E-state index contributed by atoms with van der Waals surface area (Å²) < 4.78 is 26.4. The summed E-state index contributed by atoms with van der Waals surface area (Å²) in [6.45, 7) is 4.64. The maximum absolute atomic E-state index is 13.3. The van der Waals surface area contributed by atoms with Gasteiger partial charge in [-0.2, -0.15) is 0 Å². The average Bonchev–Trinajstić information content (AvgIpc) is 3.06. The number of hydrogen-bond acceptors (Lipinski definition) is 5. The van der Waals surface area contributed by atoms with Crippen molar-refractivity contribution in [2.75, 3.05) is 19.6 Å². The lowest BCUT2D eigenvalue weighted by Crippen LogP contribution is -2.50. The van der Waals surface area contributed by atoms with Crippen LogP contribution in [-0.4, -0.2) is 61.0 Å². The molecule has 0 spiro atoms. The monoisotopic (exact) mass is 499 g/mol. The van der Waals surface area contributed by atoms with Crippen molar-refractivity contribution in [2.24, 2.45) is 0 Å². The standard InChI is InChI=1S/C26H33N3O5S/c1-3-17-27-25(31)22(4-2)28(19-16-20-11-6-5-7-12-20)24(30)15-10-18-29-26(32)21-13-8-9-14-23(21)35(29,33)34/h5-9,11-14,22H,3-4,10,15-19H2,1-2H3,(H,27,31)/t22-/m1/s1. The van der Waals surface area contributed by atoms with Gasteiger partial charge in [0.05, 0.1) is 5.56 Å². The molecule has 35 heavy (non-hydrogen) atoms. The van der Waals surface area contributed by atoms with Crippen LogP contribution in [-0.2, 0) is 26.0 Å². The molecule has 2 aromatic rings. The lowest BCUT2D eigenvalue weighted by Gasteiger charge is -2.31. The Bertz CT molecular complexity index is 1150. The third-order valence-corrected chi connectivity index (χ3v) is 7.92. The Morgan fingerprint density at radius 3 is 2.37 bits per heavy atom. The van der Waals surface area contributed by atoms with E-state index in [0.717, 1.165) is 16.3 Å². The highest BCUT2D eigenvalue weighted by Gasteiger charge is 2.40. The smallest absolute Gasteiger partial charge is 0.269 e. The van der Waals surface area contributed by atoms with E-state index in [1.54, 1.807) is 17.0 Å². The molecule has 0 bridgehead atoms. The first kappa shape index (κ1) is 26.4. The zero-order chi connectivity index (χ0) is 25.4. The van der Waals surface area contributed by atoms with Crippen molar-refractivity contribution in [3.63, 3.8) is 0 Å². The van der Waals surface area contributed by atoms with Gasteiger partial charge in [-0.3, -0.25) is 14.4 Å². The van der Waals surface area contributed by atoms with Crippen LogP contribution in [0.15, 0.2) is 59.5 Å². The fourth-order valence-corrected chi connectivity index (χ4v) is 5.84. The molecule has 1 aliphatic heterocycles. The van der Waals surface area contributed by atoms with Gasteiger partial charge in [-0.05, 0) is 43.4 Å². The highest BCUT2D eigenvalue weighted by molar-refractivity contribution is 7.90. The molecule has 0 radical (unpaired) electrons. The number of benzene rings is 2. The number of rotatable bonds is 12. The minimum Gasteiger partial charge on any atom is -0.354 e. The molecule has 0 saturated heterocycles. The molecular weight excluding hydrogens is 466 g/mol. The van der Waals surface area contributed by atoms with Crippen molar-refractivity contribution in [2.45, 2.75) is 56.9 Å². The Kier molecular flexibility index (Phi) is 9.03. The van der Waals surface area contributed by atoms with Crippen LogP contribution in [0, 0.1) is 0 Å². The Hall–Kier alpha value is -3.20. The molecule has 0 aromatic heterocycles. The molecule has 0 unspecified atom stereocenters. The zero-order valence-corrected chi connectivity index (χ0v) is 21.1. The van der Waals surface area contributed by atoms with Gasteiger partial charge < -0.3 is 10.2 Å². The summed E-state index contributed by atoms with van der Waals surface area (Å²) in [5, 5.41) is 2.88. The molecule has 0 fully saturated rings. The van der Waals surface area contributed by atoms with Crippen LogP contribution in [0.1, 0.15) is 55.5 Å². The third-order valence-electron chi connectivity index (χ3n) is 6.08. The van der Waals surface area contributed by atoms with Crippen LogP contribution in [0.2, 0.25) is 0 Å². The largest absolute Gasteiger partial charge is 0.354 e. The molecule has 188 valence electrons. The summed E-state index contributed by atoms with van der Waals surface area (Å²) in [7, 11) is -3.91. The predicted octanol–water partition coefficient (Wildman–Crippen LogP) is 2.99. The van der Waals surface area contributed by atoms with Gasteiger partial charge in [-0.15, -0.1) is 0 Å². The SMILES string of the molecule is CCCNC(=O)[C@@H](CC)N(CCc1ccccc1)C(=O)CCCN1C(=O)c2ccccc2S1(=O)=O. The fourth-order valence-electron chi connectivity index (χ4n) is 4.23. The molecule has 0 aliphatic carbocycles. The van der Waals surface area contributed by atoms with Gasteiger partial charge in [0.25, 0.3) is 15.9 Å². The van der Waals surface area contributed by atoms with Crippen LogP contribution < -0.4 is 5.32 Å². The summed E-state index contributed by atoms with van der Waals surface area (Å²) >= 11 is 0. The number of carbonyl (C=O) groups excluding carboxylic acids is 3. The maximum Gasteiger partial charge on any atom is 0.269 e. The topological polar surface area (TPSA) is 104 Å². The van der Waals surface area contributed by atoms with Crippen LogP contribution in [0.3, 0.4) is 0 Å². The molecule has 1 aliphatic rings. The lowest BCUT2D eigenvalue weighted by molar-refractivity contribution is -0.140. The van der Waals surface area contributed by atoms with Crippen LogP contribution >= 0.6 is 0 Å². The quantitative estimate of drug-likeness (QED) is 0.484. The normalized spacial score (nSPS) is 14.9. The summed E-state index contributed by atoms with van der Waals surface area (Å²) in [5.41, 5.74) is 1.21. The Balaban J connectivity index is 1.68. The second-order valence-electron chi connectivity index (χ2n) is 8.52. The van der Waals surface area contributed by atoms with E-state index in [9.17, 15) is 22.8 Å². The number of hydrogen-bond donors (Lipinski definition) is 1. The second kappa shape index (κ2) is 12.0. The maximum atomic E-state index is 13.3. The highest BCUT2D eigenvalue weighted by atomic mass is 32.2. The fraction of sp³-hybridized carbons (Fsp3) is 0.423. The van der Waals surface area contributed by atoms with Crippen molar-refractivity contribution in [1.82, 2.24) is 14.5 Å². The molecule has 9 heteroatoms. The van der Waals surface area contributed by atoms with Crippen molar-refractivity contribution in [3.8, 4) is 0 Å². The number of amides is 3. The van der Waals surface area contributed by atoms with Gasteiger partial charge in [0.1, 0.15) is 10.9 Å². The summed E-state index contributed by atoms with van der Waals surface area (Å²) in [6.07, 6.45) is 2.05. The first-order chi connectivity index (χ1) is 16.8. The summed E-state index contributed by atoms with van der Waals surface area (Å²) in [4.78, 5) is 40.3. The molecule has 3 amide bonds. The van der Waals surface area contributed by atoms with Gasteiger partial charge in [0, 0.05) is 26.1 Å². The number of carbonyl (C=O) groups is 3. The Morgan fingerprint density at radius 2 is 1.71 bits per heavy atom. The third kappa shape index (κ3) is 6.08. The Morgan fingerprint density at radius 1 is 1.03 bits per heavy atom. The molecule has 0 saturated carbocycles. The van der Waals surface area contributed by atoms with E-state index in [1.165, 1.54) is 12.1 Å². The lowest BCUT2D eigenvalue weighted by atomic mass is 10.1. The second-order valence-corrected chi connectivity index (χ2v) is 10.4. The van der Waals surface area contributed by atoms with Crippen molar-refractivity contribution >= 4 is 27.7 Å². The van der Waals surface area contributed by atoms with Gasteiger partial charge in [-0.25, -0.2) is 12.7 Å². The van der Waals surface area contributed by atoms with E-state index in [0.29, 0.717) is 25.9 Å². The van der Waals surface area contributed by atoms with Gasteiger partial charge in [0.2, 0.25) is 11.8 Å². The van der Waals surface area contributed by atoms with Gasteiger partial charge in [0.15, 0.2) is 0 Å². The predicted molar refractivity (Wildman–Crippen MR) is 133 cm³/mol. The molecule has 1 N–H and O–H groups in total. The molecule has 2 aromatic carbocycles. The summed E-state index contributed by atoms with van der Waals surface area (Å²) in [5.74, 6) is -0.996. The highest BCUT2D eigenvalue weighted by Crippen LogP contribution is 2.30. The molecule has 1 heterocycles. The van der Waals surface area contributed by atoms with Crippen molar-refractivity contribution in [1.29, 1.82) is 0 Å². The van der Waals surface area contributed by atoms with E-state index in [4.69, 9.17) is 0 Å². The average molecular weight is 500 g/mol. The molecule has 8 nitrogen and oxygen atoms in total. The minimum atomic E-state index is -3.91. The van der Waals surface area contributed by atoms with Crippen LogP contribution in [0.4, 0.5) is 0 Å². The molecular formula is C26H33N3O5S. The van der Waals surface area contributed by atoms with E-state index >= 15 is 0 Å². The van der Waals surface area contributed by atoms with E-state index in [-0.39, 0.29) is 41.7 Å². The number of nitrogens with zero attached hydrogens (tertiary/aromatic N) is 2. The number of nitrogens with one attached hydrogen (secondary N) is 1. The first-order valence-corrected chi connectivity index (χ1v) is 13.5. The Labute approximate surface area is 207 Å². The van der Waals surface area contributed by atoms with Crippen LogP contribution in [0.25, 0.3) is 0 Å². The van der Waals surface area contributed by atoms with Crippen molar-refractivity contribution in [3.05, 3.63) is 65.7 Å². The molecule has 1 atom stereocenters. The van der Waals surface area contributed by atoms with Crippen molar-refractivity contribution < 1.29 is 22.8 Å². The van der Waals surface area contributed by atoms with Gasteiger partial charge >= 0.3 is 0 Å². The van der Waals surface area contributed by atoms with Crippen LogP contribution in [0.5, 0.6) is 0 Å². The van der Waals surface area contributed by atoms with Gasteiger partial charge in [-0.1, -0.05) is 56.3 Å². The van der Waals surface area contributed by atoms with E-state index < -0.39 is 22.0 Å². The summed E-state index contributed by atoms with van der Waals surface area (Å²) in [6, 6.07) is 15.2. The minimum absolute atomic E-state index is 0.000503. The molecule has 3 rings (SSSR count).